The van der Waals surface area contributed by atoms with Crippen LogP contribution in [-0.4, -0.2) is 62.0 Å². The molecule has 1 aliphatic heterocycles. The SMILES string of the molecule is COc1ccc(O[C@H]2O[C@H](CN=[N+]=[N-])[C@@H](NC(C)=O)[C@H](OC(C)=O)[C@H]2NC(C)=O)cc1. The zero-order chi connectivity index (χ0) is 23.0. The van der Waals surface area contributed by atoms with Crippen LogP contribution in [0.4, 0.5) is 0 Å². The van der Waals surface area contributed by atoms with Crippen molar-refractivity contribution in [2.24, 2.45) is 5.11 Å². The van der Waals surface area contributed by atoms with Crippen molar-refractivity contribution in [2.45, 2.75) is 51.4 Å². The van der Waals surface area contributed by atoms with Crippen molar-refractivity contribution in [3.05, 3.63) is 34.7 Å². The normalized spacial score (nSPS) is 24.8. The lowest BCUT2D eigenvalue weighted by Crippen LogP contribution is -2.70. The van der Waals surface area contributed by atoms with Gasteiger partial charge in [0.2, 0.25) is 18.1 Å². The Kier molecular flexibility index (Phi) is 8.47. The Morgan fingerprint density at radius 3 is 2.16 bits per heavy atom. The third-order valence-electron chi connectivity index (χ3n) is 4.39. The number of hydrogen-bond acceptors (Lipinski definition) is 8. The molecule has 168 valence electrons. The molecule has 1 aromatic rings. The minimum atomic E-state index is -1.12. The maximum absolute atomic E-state index is 11.9. The minimum absolute atomic E-state index is 0.172. The fourth-order valence-electron chi connectivity index (χ4n) is 3.23. The number of hydrogen-bond donors (Lipinski definition) is 2. The van der Waals surface area contributed by atoms with E-state index in [4.69, 9.17) is 24.5 Å². The predicted octanol–water partition coefficient (Wildman–Crippen LogP) is 1.05. The molecule has 0 radical (unpaired) electrons. The summed E-state index contributed by atoms with van der Waals surface area (Å²) in [6.45, 7) is 3.60. The van der Waals surface area contributed by atoms with Crippen molar-refractivity contribution in [3.8, 4) is 11.5 Å². The summed E-state index contributed by atoms with van der Waals surface area (Å²) >= 11 is 0. The molecular weight excluding hydrogens is 410 g/mol. The standard InChI is InChI=1S/C19H25N5O7/c1-10(25)22-16-15(9-21-24-20)31-19(30-14-7-5-13(28-4)6-8-14)17(23-11(2)26)18(16)29-12(3)27/h5-8,15-19H,9H2,1-4H3,(H,22,25)(H,23,26)/t15-,16-,17-,18+,19+/m1/s1. The fourth-order valence-corrected chi connectivity index (χ4v) is 3.23. The number of esters is 1. The van der Waals surface area contributed by atoms with Crippen molar-refractivity contribution in [1.82, 2.24) is 10.6 Å². The molecule has 5 atom stereocenters. The van der Waals surface area contributed by atoms with Gasteiger partial charge in [-0.25, -0.2) is 0 Å². The molecule has 2 rings (SSSR count). The number of azide groups is 1. The van der Waals surface area contributed by atoms with Crippen LogP contribution in [0, 0.1) is 0 Å². The molecule has 0 unspecified atom stereocenters. The van der Waals surface area contributed by atoms with Gasteiger partial charge in [-0.3, -0.25) is 14.4 Å². The van der Waals surface area contributed by atoms with Gasteiger partial charge < -0.3 is 29.6 Å². The Labute approximate surface area is 178 Å². The molecule has 0 saturated carbocycles. The molecule has 1 aromatic carbocycles. The van der Waals surface area contributed by atoms with Gasteiger partial charge >= 0.3 is 5.97 Å². The maximum Gasteiger partial charge on any atom is 0.303 e. The Morgan fingerprint density at radius 1 is 1.06 bits per heavy atom. The van der Waals surface area contributed by atoms with E-state index >= 15 is 0 Å². The number of nitrogens with zero attached hydrogens (tertiary/aromatic N) is 3. The molecule has 1 saturated heterocycles. The van der Waals surface area contributed by atoms with Crippen LogP contribution < -0.4 is 20.1 Å². The van der Waals surface area contributed by atoms with Crippen LogP contribution in [0.3, 0.4) is 0 Å². The highest BCUT2D eigenvalue weighted by Gasteiger charge is 2.49. The van der Waals surface area contributed by atoms with Crippen molar-refractivity contribution < 1.29 is 33.3 Å². The summed E-state index contributed by atoms with van der Waals surface area (Å²) in [5.74, 6) is -0.483. The van der Waals surface area contributed by atoms with Crippen LogP contribution in [0.15, 0.2) is 29.4 Å². The van der Waals surface area contributed by atoms with Gasteiger partial charge in [0.15, 0.2) is 6.10 Å². The third-order valence-corrected chi connectivity index (χ3v) is 4.39. The van der Waals surface area contributed by atoms with Crippen molar-refractivity contribution in [1.29, 1.82) is 0 Å². The molecule has 0 spiro atoms. The number of amides is 2. The van der Waals surface area contributed by atoms with Gasteiger partial charge in [-0.1, -0.05) is 5.11 Å². The Balaban J connectivity index is 2.43. The summed E-state index contributed by atoms with van der Waals surface area (Å²) in [5, 5.41) is 8.84. The fraction of sp³-hybridized carbons (Fsp3) is 0.526. The monoisotopic (exact) mass is 435 g/mol. The molecule has 1 heterocycles. The van der Waals surface area contributed by atoms with Gasteiger partial charge in [0.25, 0.3) is 0 Å². The summed E-state index contributed by atoms with van der Waals surface area (Å²) in [7, 11) is 1.53. The number of nitrogens with one attached hydrogen (secondary N) is 2. The van der Waals surface area contributed by atoms with E-state index in [2.05, 4.69) is 20.7 Å². The third kappa shape index (κ3) is 6.76. The maximum atomic E-state index is 11.9. The molecule has 0 bridgehead atoms. The highest BCUT2D eigenvalue weighted by molar-refractivity contribution is 5.75. The number of methoxy groups -OCH3 is 1. The number of rotatable bonds is 8. The first-order valence-electron chi connectivity index (χ1n) is 9.43. The summed E-state index contributed by atoms with van der Waals surface area (Å²) < 4.78 is 22.4. The topological polar surface area (TPSA) is 161 Å². The van der Waals surface area contributed by atoms with E-state index in [0.29, 0.717) is 11.5 Å². The van der Waals surface area contributed by atoms with Crippen LogP contribution >= 0.6 is 0 Å². The largest absolute Gasteiger partial charge is 0.497 e. The summed E-state index contributed by atoms with van der Waals surface area (Å²) in [6.07, 6.45) is -3.07. The zero-order valence-electron chi connectivity index (χ0n) is 17.6. The van der Waals surface area contributed by atoms with Crippen LogP contribution in [-0.2, 0) is 23.9 Å². The molecule has 2 N–H and O–H groups in total. The Hall–Kier alpha value is -3.50. The summed E-state index contributed by atoms with van der Waals surface area (Å²) in [5.41, 5.74) is 8.73. The quantitative estimate of drug-likeness (QED) is 0.267. The number of ether oxygens (including phenoxy) is 4. The first-order chi connectivity index (χ1) is 14.7. The average Bonchev–Trinajstić information content (AvgIpc) is 2.70. The molecule has 1 fully saturated rings. The lowest BCUT2D eigenvalue weighted by atomic mass is 9.93. The smallest absolute Gasteiger partial charge is 0.303 e. The highest BCUT2D eigenvalue weighted by Crippen LogP contribution is 2.28. The summed E-state index contributed by atoms with van der Waals surface area (Å²) in [6, 6.07) is 4.74. The van der Waals surface area contributed by atoms with Gasteiger partial charge in [-0.15, -0.1) is 0 Å². The zero-order valence-corrected chi connectivity index (χ0v) is 17.6. The molecule has 0 aliphatic carbocycles. The van der Waals surface area contributed by atoms with Crippen LogP contribution in [0.5, 0.6) is 11.5 Å². The van der Waals surface area contributed by atoms with E-state index in [1.165, 1.54) is 27.9 Å². The Bertz CT molecular complexity index is 841. The van der Waals surface area contributed by atoms with Gasteiger partial charge in [0.1, 0.15) is 17.5 Å². The molecule has 12 heteroatoms. The first kappa shape index (κ1) is 23.8. The van der Waals surface area contributed by atoms with Gasteiger partial charge in [-0.2, -0.15) is 0 Å². The van der Waals surface area contributed by atoms with Crippen molar-refractivity contribution in [2.75, 3.05) is 13.7 Å². The van der Waals surface area contributed by atoms with E-state index in [0.717, 1.165) is 0 Å². The van der Waals surface area contributed by atoms with Gasteiger partial charge in [0, 0.05) is 25.7 Å². The predicted molar refractivity (Wildman–Crippen MR) is 107 cm³/mol. The number of benzene rings is 1. The molecule has 2 amide bonds. The average molecular weight is 435 g/mol. The molecule has 0 aromatic heterocycles. The van der Waals surface area contributed by atoms with E-state index in [1.54, 1.807) is 24.3 Å². The minimum Gasteiger partial charge on any atom is -0.497 e. The Morgan fingerprint density at radius 2 is 1.65 bits per heavy atom. The first-order valence-corrected chi connectivity index (χ1v) is 9.43. The van der Waals surface area contributed by atoms with E-state index in [-0.39, 0.29) is 6.54 Å². The second-order valence-corrected chi connectivity index (χ2v) is 6.78. The van der Waals surface area contributed by atoms with E-state index < -0.39 is 48.4 Å². The lowest BCUT2D eigenvalue weighted by molar-refractivity contribution is -0.214. The summed E-state index contributed by atoms with van der Waals surface area (Å²) in [4.78, 5) is 38.2. The second kappa shape index (κ2) is 11.0. The van der Waals surface area contributed by atoms with E-state index in [1.807, 2.05) is 0 Å². The van der Waals surface area contributed by atoms with Gasteiger partial charge in [-0.05, 0) is 29.8 Å². The number of carbonyl (C=O) groups excluding carboxylic acids is 3. The van der Waals surface area contributed by atoms with Crippen molar-refractivity contribution >= 4 is 17.8 Å². The number of carbonyl (C=O) groups is 3. The highest BCUT2D eigenvalue weighted by atomic mass is 16.7. The van der Waals surface area contributed by atoms with Crippen LogP contribution in [0.25, 0.3) is 10.4 Å². The lowest BCUT2D eigenvalue weighted by Gasteiger charge is -2.45. The molecule has 12 nitrogen and oxygen atoms in total. The molecule has 31 heavy (non-hydrogen) atoms. The van der Waals surface area contributed by atoms with E-state index in [9.17, 15) is 14.4 Å². The molecule has 1 aliphatic rings. The van der Waals surface area contributed by atoms with Crippen LogP contribution in [0.1, 0.15) is 20.8 Å². The van der Waals surface area contributed by atoms with Crippen molar-refractivity contribution in [3.63, 3.8) is 0 Å². The van der Waals surface area contributed by atoms with Crippen LogP contribution in [0.2, 0.25) is 0 Å². The second-order valence-electron chi connectivity index (χ2n) is 6.78. The molecular formula is C19H25N5O7. The van der Waals surface area contributed by atoms with Gasteiger partial charge in [0.05, 0.1) is 25.8 Å².